The van der Waals surface area contributed by atoms with Gasteiger partial charge < -0.3 is 14.8 Å². The first-order valence-electron chi connectivity index (χ1n) is 6.07. The molecular weight excluding hydrogens is 260 g/mol. The van der Waals surface area contributed by atoms with E-state index in [9.17, 15) is 4.79 Å². The van der Waals surface area contributed by atoms with E-state index in [2.05, 4.69) is 15.4 Å². The summed E-state index contributed by atoms with van der Waals surface area (Å²) in [5.74, 6) is 1.10. The molecule has 0 unspecified atom stereocenters. The Morgan fingerprint density at radius 3 is 2.85 bits per heavy atom. The lowest BCUT2D eigenvalue weighted by atomic mass is 10.2. The number of amides is 1. The van der Waals surface area contributed by atoms with Crippen LogP contribution in [0, 0.1) is 0 Å². The van der Waals surface area contributed by atoms with Crippen LogP contribution in [0.2, 0.25) is 0 Å². The number of ether oxygens (including phenoxy) is 2. The molecule has 2 aromatic rings. The van der Waals surface area contributed by atoms with Crippen LogP contribution in [0.4, 0.5) is 5.69 Å². The molecule has 7 nitrogen and oxygen atoms in total. The van der Waals surface area contributed by atoms with E-state index < -0.39 is 0 Å². The highest BCUT2D eigenvalue weighted by Gasteiger charge is 2.09. The van der Waals surface area contributed by atoms with Gasteiger partial charge in [0.2, 0.25) is 5.91 Å². The van der Waals surface area contributed by atoms with Gasteiger partial charge in [-0.1, -0.05) is 0 Å². The van der Waals surface area contributed by atoms with Crippen molar-refractivity contribution >= 4 is 11.6 Å². The summed E-state index contributed by atoms with van der Waals surface area (Å²) in [6.07, 6.45) is 3.30. The Hall–Kier alpha value is -2.57. The van der Waals surface area contributed by atoms with Crippen molar-refractivity contribution in [3.63, 3.8) is 0 Å². The molecule has 0 fully saturated rings. The maximum absolute atomic E-state index is 11.9. The molecule has 1 aromatic carbocycles. The third kappa shape index (κ3) is 3.47. The Balaban J connectivity index is 1.99. The number of hydrogen-bond acceptors (Lipinski definition) is 5. The molecule has 20 heavy (non-hydrogen) atoms. The van der Waals surface area contributed by atoms with E-state index in [0.717, 1.165) is 0 Å². The molecule has 106 valence electrons. The Bertz CT molecular complexity index is 569. The van der Waals surface area contributed by atoms with Crippen LogP contribution in [-0.4, -0.2) is 34.9 Å². The predicted molar refractivity (Wildman–Crippen MR) is 72.8 cm³/mol. The van der Waals surface area contributed by atoms with Crippen LogP contribution in [0.3, 0.4) is 0 Å². The molecule has 1 amide bonds. The van der Waals surface area contributed by atoms with Crippen LogP contribution in [0.5, 0.6) is 11.5 Å². The number of aryl methyl sites for hydroxylation is 1. The molecule has 0 aliphatic heterocycles. The van der Waals surface area contributed by atoms with Gasteiger partial charge in [0.05, 0.1) is 26.5 Å². The Morgan fingerprint density at radius 2 is 2.20 bits per heavy atom. The minimum Gasteiger partial charge on any atom is -0.497 e. The average Bonchev–Trinajstić information content (AvgIpc) is 2.98. The number of carbonyl (C=O) groups excluding carboxylic acids is 1. The quantitative estimate of drug-likeness (QED) is 0.861. The van der Waals surface area contributed by atoms with Crippen molar-refractivity contribution in [1.29, 1.82) is 0 Å². The molecule has 0 aliphatic carbocycles. The molecule has 0 saturated carbocycles. The van der Waals surface area contributed by atoms with Gasteiger partial charge in [-0.3, -0.25) is 9.48 Å². The summed E-state index contributed by atoms with van der Waals surface area (Å²) >= 11 is 0. The molecule has 1 heterocycles. The topological polar surface area (TPSA) is 78.3 Å². The Morgan fingerprint density at radius 1 is 1.35 bits per heavy atom. The standard InChI is InChI=1S/C13H16N4O3/c1-19-10-3-4-12(20-2)11(7-10)16-13(18)5-6-17-9-14-8-15-17/h3-4,7-9H,5-6H2,1-2H3,(H,16,18). The molecule has 0 atom stereocenters. The van der Waals surface area contributed by atoms with E-state index in [1.807, 2.05) is 0 Å². The van der Waals surface area contributed by atoms with Crippen LogP contribution < -0.4 is 14.8 Å². The van der Waals surface area contributed by atoms with E-state index in [1.54, 1.807) is 43.4 Å². The van der Waals surface area contributed by atoms with E-state index >= 15 is 0 Å². The molecule has 1 N–H and O–H groups in total. The summed E-state index contributed by atoms with van der Waals surface area (Å²) in [7, 11) is 3.12. The zero-order valence-corrected chi connectivity index (χ0v) is 11.4. The smallest absolute Gasteiger partial charge is 0.226 e. The molecule has 2 rings (SSSR count). The van der Waals surface area contributed by atoms with E-state index in [-0.39, 0.29) is 5.91 Å². The molecular formula is C13H16N4O3. The number of benzene rings is 1. The third-order valence-electron chi connectivity index (χ3n) is 2.72. The fraction of sp³-hybridized carbons (Fsp3) is 0.308. The zero-order chi connectivity index (χ0) is 14.4. The first kappa shape index (κ1) is 13.9. The summed E-state index contributed by atoms with van der Waals surface area (Å²) in [5, 5.41) is 6.73. The lowest BCUT2D eigenvalue weighted by Gasteiger charge is -2.11. The van der Waals surface area contributed by atoms with E-state index in [1.165, 1.54) is 6.33 Å². The number of methoxy groups -OCH3 is 2. The highest BCUT2D eigenvalue weighted by molar-refractivity contribution is 5.92. The lowest BCUT2D eigenvalue weighted by molar-refractivity contribution is -0.116. The van der Waals surface area contributed by atoms with E-state index in [0.29, 0.717) is 30.2 Å². The molecule has 0 bridgehead atoms. The highest BCUT2D eigenvalue weighted by Crippen LogP contribution is 2.28. The number of hydrogen-bond donors (Lipinski definition) is 1. The summed E-state index contributed by atoms with van der Waals surface area (Å²) in [4.78, 5) is 15.7. The largest absolute Gasteiger partial charge is 0.497 e. The van der Waals surface area contributed by atoms with Crippen molar-refractivity contribution in [3.05, 3.63) is 30.9 Å². The van der Waals surface area contributed by atoms with Gasteiger partial charge in [0, 0.05) is 12.5 Å². The number of anilines is 1. The van der Waals surface area contributed by atoms with E-state index in [4.69, 9.17) is 9.47 Å². The second-order valence-corrected chi connectivity index (χ2v) is 4.02. The highest BCUT2D eigenvalue weighted by atomic mass is 16.5. The lowest BCUT2D eigenvalue weighted by Crippen LogP contribution is -2.15. The molecule has 1 aromatic heterocycles. The maximum atomic E-state index is 11.9. The number of nitrogens with zero attached hydrogens (tertiary/aromatic N) is 3. The monoisotopic (exact) mass is 276 g/mol. The second-order valence-electron chi connectivity index (χ2n) is 4.02. The number of aromatic nitrogens is 3. The van der Waals surface area contributed by atoms with Gasteiger partial charge in [0.25, 0.3) is 0 Å². The normalized spacial score (nSPS) is 10.1. The van der Waals surface area contributed by atoms with Crippen molar-refractivity contribution in [3.8, 4) is 11.5 Å². The molecule has 7 heteroatoms. The predicted octanol–water partition coefficient (Wildman–Crippen LogP) is 1.32. The fourth-order valence-electron chi connectivity index (χ4n) is 1.69. The van der Waals surface area contributed by atoms with Gasteiger partial charge >= 0.3 is 0 Å². The van der Waals surface area contributed by atoms with Crippen molar-refractivity contribution in [1.82, 2.24) is 14.8 Å². The van der Waals surface area contributed by atoms with Crippen LogP contribution in [-0.2, 0) is 11.3 Å². The minimum absolute atomic E-state index is 0.132. The van der Waals surface area contributed by atoms with Gasteiger partial charge in [0.1, 0.15) is 24.2 Å². The van der Waals surface area contributed by atoms with Crippen LogP contribution in [0.15, 0.2) is 30.9 Å². The summed E-state index contributed by atoms with van der Waals surface area (Å²) in [6, 6.07) is 5.22. The Labute approximate surface area is 116 Å². The van der Waals surface area contributed by atoms with Crippen molar-refractivity contribution in [2.45, 2.75) is 13.0 Å². The van der Waals surface area contributed by atoms with Crippen LogP contribution >= 0.6 is 0 Å². The summed E-state index contributed by atoms with van der Waals surface area (Å²) < 4.78 is 11.9. The molecule has 0 saturated heterocycles. The number of nitrogens with one attached hydrogen (secondary N) is 1. The molecule has 0 aliphatic rings. The van der Waals surface area contributed by atoms with Crippen molar-refractivity contribution in [2.24, 2.45) is 0 Å². The van der Waals surface area contributed by atoms with Crippen LogP contribution in [0.1, 0.15) is 6.42 Å². The summed E-state index contributed by atoms with van der Waals surface area (Å²) in [6.45, 7) is 0.470. The summed E-state index contributed by atoms with van der Waals surface area (Å²) in [5.41, 5.74) is 0.579. The van der Waals surface area contributed by atoms with Gasteiger partial charge in [-0.05, 0) is 12.1 Å². The number of rotatable bonds is 6. The van der Waals surface area contributed by atoms with Crippen LogP contribution in [0.25, 0.3) is 0 Å². The first-order chi connectivity index (χ1) is 9.72. The van der Waals surface area contributed by atoms with Gasteiger partial charge in [-0.15, -0.1) is 0 Å². The Kier molecular flexibility index (Phi) is 4.54. The SMILES string of the molecule is COc1ccc(OC)c(NC(=O)CCn2cncn2)c1. The fourth-order valence-corrected chi connectivity index (χ4v) is 1.69. The van der Waals surface area contributed by atoms with Gasteiger partial charge in [-0.2, -0.15) is 5.10 Å². The third-order valence-corrected chi connectivity index (χ3v) is 2.72. The zero-order valence-electron chi connectivity index (χ0n) is 11.4. The average molecular weight is 276 g/mol. The van der Waals surface area contributed by atoms with Gasteiger partial charge in [0.15, 0.2) is 0 Å². The van der Waals surface area contributed by atoms with Gasteiger partial charge in [-0.25, -0.2) is 4.98 Å². The second kappa shape index (κ2) is 6.55. The maximum Gasteiger partial charge on any atom is 0.226 e. The number of carbonyl (C=O) groups is 1. The van der Waals surface area contributed by atoms with Crippen molar-refractivity contribution in [2.75, 3.05) is 19.5 Å². The molecule has 0 radical (unpaired) electrons. The molecule has 0 spiro atoms. The first-order valence-corrected chi connectivity index (χ1v) is 6.07. The van der Waals surface area contributed by atoms with Crippen molar-refractivity contribution < 1.29 is 14.3 Å². The minimum atomic E-state index is -0.132.